The number of piperidine rings is 1. The van der Waals surface area contributed by atoms with Crippen molar-refractivity contribution >= 4 is 11.6 Å². The Bertz CT molecular complexity index is 535. The topological polar surface area (TPSA) is 102 Å². The molecule has 1 fully saturated rings. The molecule has 1 aliphatic heterocycles. The minimum atomic E-state index is -0.356. The zero-order valence-electron chi connectivity index (χ0n) is 12.5. The number of hydrogen-bond acceptors (Lipinski definition) is 5. The third kappa shape index (κ3) is 4.25. The zero-order chi connectivity index (χ0) is 15.9. The number of nitrogens with zero attached hydrogens (tertiary/aromatic N) is 2. The third-order valence-electron chi connectivity index (χ3n) is 3.90. The quantitative estimate of drug-likeness (QED) is 0.600. The molecule has 1 aliphatic rings. The molecule has 3 N–H and O–H groups in total. The molecule has 1 aromatic carbocycles. The number of nitrogens with two attached hydrogens (primary N) is 1. The van der Waals surface area contributed by atoms with Gasteiger partial charge in [0.2, 0.25) is 5.91 Å². The fourth-order valence-corrected chi connectivity index (χ4v) is 2.82. The molecule has 1 saturated heterocycles. The summed E-state index contributed by atoms with van der Waals surface area (Å²) in [7, 11) is 0. The first kappa shape index (κ1) is 16.4. The molecule has 7 heteroatoms. The first-order valence-corrected chi connectivity index (χ1v) is 7.54. The summed E-state index contributed by atoms with van der Waals surface area (Å²) in [6, 6.07) is 6.76. The molecule has 0 aliphatic carbocycles. The van der Waals surface area contributed by atoms with E-state index in [1.165, 1.54) is 6.07 Å². The second-order valence-corrected chi connectivity index (χ2v) is 5.54. The molecule has 0 saturated carbocycles. The smallest absolute Gasteiger partial charge is 0.273 e. The first-order valence-electron chi connectivity index (χ1n) is 7.54. The van der Waals surface area contributed by atoms with Crippen LogP contribution in [0, 0.1) is 16.0 Å². The predicted octanol–water partition coefficient (Wildman–Crippen LogP) is 0.882. The van der Waals surface area contributed by atoms with Crippen LogP contribution in [0.4, 0.5) is 5.69 Å². The molecule has 2 rings (SSSR count). The number of hydrogen-bond donors (Lipinski definition) is 2. The van der Waals surface area contributed by atoms with E-state index in [0.29, 0.717) is 31.7 Å². The van der Waals surface area contributed by atoms with Gasteiger partial charge in [0.1, 0.15) is 0 Å². The summed E-state index contributed by atoms with van der Waals surface area (Å²) < 4.78 is 0. The van der Waals surface area contributed by atoms with Gasteiger partial charge in [-0.2, -0.15) is 0 Å². The van der Waals surface area contributed by atoms with E-state index in [-0.39, 0.29) is 22.4 Å². The number of para-hydroxylation sites is 1. The average molecular weight is 306 g/mol. The molecular formula is C15H22N4O3. The third-order valence-corrected chi connectivity index (χ3v) is 3.90. The zero-order valence-corrected chi connectivity index (χ0v) is 12.5. The van der Waals surface area contributed by atoms with Gasteiger partial charge in [-0.1, -0.05) is 18.2 Å². The average Bonchev–Trinajstić information content (AvgIpc) is 2.53. The van der Waals surface area contributed by atoms with E-state index in [2.05, 4.69) is 10.2 Å². The highest BCUT2D eigenvalue weighted by Gasteiger charge is 2.26. The lowest BCUT2D eigenvalue weighted by Gasteiger charge is -2.31. The second kappa shape index (κ2) is 7.86. The van der Waals surface area contributed by atoms with E-state index in [1.807, 2.05) is 0 Å². The van der Waals surface area contributed by atoms with Gasteiger partial charge in [0, 0.05) is 37.8 Å². The molecule has 1 aromatic rings. The molecule has 22 heavy (non-hydrogen) atoms. The summed E-state index contributed by atoms with van der Waals surface area (Å²) in [4.78, 5) is 24.8. The SMILES string of the molecule is NCCNC(=O)C1CCCN(Cc2ccccc2[N+](=O)[O-])C1. The Hall–Kier alpha value is -1.99. The van der Waals surface area contributed by atoms with Crippen LogP contribution < -0.4 is 11.1 Å². The number of carbonyl (C=O) groups is 1. The second-order valence-electron chi connectivity index (χ2n) is 5.54. The Labute approximate surface area is 129 Å². The minimum Gasteiger partial charge on any atom is -0.355 e. The van der Waals surface area contributed by atoms with Gasteiger partial charge in [-0.25, -0.2) is 0 Å². The Morgan fingerprint density at radius 1 is 1.45 bits per heavy atom. The summed E-state index contributed by atoms with van der Waals surface area (Å²) in [5.74, 6) is -0.0409. The molecule has 1 heterocycles. The summed E-state index contributed by atoms with van der Waals surface area (Å²) >= 11 is 0. The molecule has 0 spiro atoms. The molecule has 7 nitrogen and oxygen atoms in total. The first-order chi connectivity index (χ1) is 10.6. The number of nitro benzene ring substituents is 1. The number of rotatable bonds is 6. The Kier molecular flexibility index (Phi) is 5.85. The van der Waals surface area contributed by atoms with Crippen LogP contribution in [0.3, 0.4) is 0 Å². The van der Waals surface area contributed by atoms with Gasteiger partial charge in [0.25, 0.3) is 5.69 Å². The van der Waals surface area contributed by atoms with Crippen LogP contribution in [0.2, 0.25) is 0 Å². The molecular weight excluding hydrogens is 284 g/mol. The van der Waals surface area contributed by atoms with Gasteiger partial charge in [-0.15, -0.1) is 0 Å². The number of amides is 1. The molecule has 0 bridgehead atoms. The fraction of sp³-hybridized carbons (Fsp3) is 0.533. The van der Waals surface area contributed by atoms with Gasteiger partial charge in [-0.05, 0) is 19.4 Å². The van der Waals surface area contributed by atoms with Crippen LogP contribution in [0.1, 0.15) is 18.4 Å². The van der Waals surface area contributed by atoms with Crippen molar-refractivity contribution in [3.05, 3.63) is 39.9 Å². The van der Waals surface area contributed by atoms with Gasteiger partial charge in [0.05, 0.1) is 10.8 Å². The highest BCUT2D eigenvalue weighted by Crippen LogP contribution is 2.23. The van der Waals surface area contributed by atoms with Crippen molar-refractivity contribution in [2.24, 2.45) is 11.7 Å². The Morgan fingerprint density at radius 2 is 2.23 bits per heavy atom. The predicted molar refractivity (Wildman–Crippen MR) is 83.2 cm³/mol. The summed E-state index contributed by atoms with van der Waals surface area (Å²) in [5, 5.41) is 13.9. The monoisotopic (exact) mass is 306 g/mol. The molecule has 120 valence electrons. The van der Waals surface area contributed by atoms with E-state index in [1.54, 1.807) is 18.2 Å². The van der Waals surface area contributed by atoms with Crippen LogP contribution >= 0.6 is 0 Å². The van der Waals surface area contributed by atoms with Crippen LogP contribution in [-0.4, -0.2) is 41.9 Å². The summed E-state index contributed by atoms with van der Waals surface area (Å²) in [6.07, 6.45) is 1.77. The van der Waals surface area contributed by atoms with Crippen molar-refractivity contribution in [1.29, 1.82) is 0 Å². The summed E-state index contributed by atoms with van der Waals surface area (Å²) in [6.45, 7) is 2.89. The molecule has 0 radical (unpaired) electrons. The Morgan fingerprint density at radius 3 is 2.95 bits per heavy atom. The molecule has 1 amide bonds. The van der Waals surface area contributed by atoms with Crippen molar-refractivity contribution in [2.75, 3.05) is 26.2 Å². The van der Waals surface area contributed by atoms with E-state index >= 15 is 0 Å². The molecule has 0 aromatic heterocycles. The van der Waals surface area contributed by atoms with E-state index in [0.717, 1.165) is 19.4 Å². The van der Waals surface area contributed by atoms with E-state index < -0.39 is 0 Å². The number of carbonyl (C=O) groups excluding carboxylic acids is 1. The standard InChI is InChI=1S/C15H22N4O3/c16-7-8-17-15(20)13-5-3-9-18(11-13)10-12-4-1-2-6-14(12)19(21)22/h1-2,4,6,13H,3,5,7-11,16H2,(H,17,20). The van der Waals surface area contributed by atoms with E-state index in [4.69, 9.17) is 5.73 Å². The van der Waals surface area contributed by atoms with Gasteiger partial charge < -0.3 is 11.1 Å². The Balaban J connectivity index is 1.99. The maximum Gasteiger partial charge on any atom is 0.273 e. The number of likely N-dealkylation sites (tertiary alicyclic amines) is 1. The van der Waals surface area contributed by atoms with E-state index in [9.17, 15) is 14.9 Å². The number of benzene rings is 1. The lowest BCUT2D eigenvalue weighted by atomic mass is 9.96. The highest BCUT2D eigenvalue weighted by atomic mass is 16.6. The van der Waals surface area contributed by atoms with Crippen molar-refractivity contribution in [3.63, 3.8) is 0 Å². The van der Waals surface area contributed by atoms with Crippen molar-refractivity contribution in [1.82, 2.24) is 10.2 Å². The minimum absolute atomic E-state index is 0.0257. The van der Waals surface area contributed by atoms with Gasteiger partial charge in [0.15, 0.2) is 0 Å². The number of nitrogens with one attached hydrogen (secondary N) is 1. The van der Waals surface area contributed by atoms with Crippen LogP contribution in [-0.2, 0) is 11.3 Å². The molecule has 1 unspecified atom stereocenters. The largest absolute Gasteiger partial charge is 0.355 e. The fourth-order valence-electron chi connectivity index (χ4n) is 2.82. The van der Waals surface area contributed by atoms with Crippen molar-refractivity contribution in [2.45, 2.75) is 19.4 Å². The van der Waals surface area contributed by atoms with Crippen LogP contribution in [0.25, 0.3) is 0 Å². The summed E-state index contributed by atoms with van der Waals surface area (Å²) in [5.41, 5.74) is 6.22. The lowest BCUT2D eigenvalue weighted by Crippen LogP contribution is -2.43. The lowest BCUT2D eigenvalue weighted by molar-refractivity contribution is -0.385. The maximum absolute atomic E-state index is 12.0. The normalized spacial score (nSPS) is 18.9. The number of nitro groups is 1. The van der Waals surface area contributed by atoms with Crippen LogP contribution in [0.5, 0.6) is 0 Å². The van der Waals surface area contributed by atoms with Crippen molar-refractivity contribution in [3.8, 4) is 0 Å². The van der Waals surface area contributed by atoms with Gasteiger partial charge in [-0.3, -0.25) is 19.8 Å². The van der Waals surface area contributed by atoms with Crippen LogP contribution in [0.15, 0.2) is 24.3 Å². The highest BCUT2D eigenvalue weighted by molar-refractivity contribution is 5.78. The van der Waals surface area contributed by atoms with Gasteiger partial charge >= 0.3 is 0 Å². The maximum atomic E-state index is 12.0. The molecule has 1 atom stereocenters. The van der Waals surface area contributed by atoms with Crippen molar-refractivity contribution < 1.29 is 9.72 Å².